The third-order valence-electron chi connectivity index (χ3n) is 5.41. The molecule has 3 rings (SSSR count). The average molecular weight is 421 g/mol. The first kappa shape index (κ1) is 22.0. The first-order valence-corrected chi connectivity index (χ1v) is 9.85. The highest BCUT2D eigenvalue weighted by Gasteiger charge is 2.31. The summed E-state index contributed by atoms with van der Waals surface area (Å²) in [4.78, 5) is 16.5. The number of benzene rings is 2. The van der Waals surface area contributed by atoms with E-state index in [1.54, 1.807) is 13.2 Å². The molecule has 8 heteroatoms. The van der Waals surface area contributed by atoms with Gasteiger partial charge in [-0.15, -0.1) is 0 Å². The van der Waals surface area contributed by atoms with E-state index in [-0.39, 0.29) is 11.9 Å². The molecule has 1 fully saturated rings. The normalized spacial score (nSPS) is 16.2. The van der Waals surface area contributed by atoms with Crippen LogP contribution in [-0.4, -0.2) is 50.1 Å². The van der Waals surface area contributed by atoms with Gasteiger partial charge in [0.05, 0.1) is 18.7 Å². The number of piperazine rings is 1. The van der Waals surface area contributed by atoms with Crippen LogP contribution in [0.4, 0.5) is 18.9 Å². The molecule has 5 nitrogen and oxygen atoms in total. The maximum atomic E-state index is 12.9. The van der Waals surface area contributed by atoms with E-state index in [4.69, 9.17) is 4.74 Å². The second kappa shape index (κ2) is 9.38. The molecule has 30 heavy (non-hydrogen) atoms. The Hall–Kier alpha value is -2.74. The zero-order valence-corrected chi connectivity index (χ0v) is 17.1. The number of hydrogen-bond acceptors (Lipinski definition) is 4. The van der Waals surface area contributed by atoms with Crippen LogP contribution in [0.5, 0.6) is 5.75 Å². The van der Waals surface area contributed by atoms with Crippen molar-refractivity contribution in [3.05, 3.63) is 59.7 Å². The Bertz CT molecular complexity index is 847. The van der Waals surface area contributed by atoms with Crippen LogP contribution in [0.25, 0.3) is 0 Å². The summed E-state index contributed by atoms with van der Waals surface area (Å²) in [5, 5.41) is 2.94. The summed E-state index contributed by atoms with van der Waals surface area (Å²) in [6.07, 6.45) is -4.35. The minimum absolute atomic E-state index is 0.0710. The highest BCUT2D eigenvalue weighted by Crippen LogP contribution is 2.32. The summed E-state index contributed by atoms with van der Waals surface area (Å²) in [6.45, 7) is 4.62. The van der Waals surface area contributed by atoms with Gasteiger partial charge in [0.2, 0.25) is 5.91 Å². The largest absolute Gasteiger partial charge is 0.497 e. The molecule has 1 aliphatic heterocycles. The molecule has 0 saturated carbocycles. The van der Waals surface area contributed by atoms with Crippen LogP contribution >= 0.6 is 0 Å². The summed E-state index contributed by atoms with van der Waals surface area (Å²) in [7, 11) is 1.60. The fourth-order valence-electron chi connectivity index (χ4n) is 3.49. The second-order valence-corrected chi connectivity index (χ2v) is 7.31. The number of anilines is 1. The molecular weight excluding hydrogens is 395 g/mol. The number of alkyl halides is 3. The van der Waals surface area contributed by atoms with E-state index in [0.29, 0.717) is 38.4 Å². The Morgan fingerprint density at radius 2 is 1.77 bits per heavy atom. The zero-order chi connectivity index (χ0) is 21.7. The van der Waals surface area contributed by atoms with Crippen LogP contribution in [0.15, 0.2) is 48.5 Å². The summed E-state index contributed by atoms with van der Waals surface area (Å²) in [5.41, 5.74) is 0.889. The van der Waals surface area contributed by atoms with Gasteiger partial charge in [-0.2, -0.15) is 13.2 Å². The molecule has 0 radical (unpaired) electrons. The van der Waals surface area contributed by atoms with E-state index < -0.39 is 11.7 Å². The van der Waals surface area contributed by atoms with Crippen LogP contribution in [0.2, 0.25) is 0 Å². The quantitative estimate of drug-likeness (QED) is 0.775. The first-order chi connectivity index (χ1) is 14.3. The lowest BCUT2D eigenvalue weighted by Gasteiger charge is -2.38. The maximum Gasteiger partial charge on any atom is 0.416 e. The molecule has 0 spiro atoms. The van der Waals surface area contributed by atoms with E-state index >= 15 is 0 Å². The topological polar surface area (TPSA) is 44.8 Å². The van der Waals surface area contributed by atoms with Crippen LogP contribution in [0, 0.1) is 0 Å². The molecule has 1 heterocycles. The number of ether oxygens (including phenoxy) is 1. The van der Waals surface area contributed by atoms with Gasteiger partial charge in [0.1, 0.15) is 5.75 Å². The van der Waals surface area contributed by atoms with Gasteiger partial charge in [-0.25, -0.2) is 0 Å². The first-order valence-electron chi connectivity index (χ1n) is 9.85. The molecule has 1 atom stereocenters. The molecule has 1 amide bonds. The number of nitrogens with zero attached hydrogens (tertiary/aromatic N) is 2. The highest BCUT2D eigenvalue weighted by atomic mass is 19.4. The van der Waals surface area contributed by atoms with E-state index in [1.807, 2.05) is 41.0 Å². The molecule has 162 valence electrons. The third kappa shape index (κ3) is 5.44. The van der Waals surface area contributed by atoms with Crippen molar-refractivity contribution in [2.24, 2.45) is 0 Å². The lowest BCUT2D eigenvalue weighted by atomic mass is 10.1. The minimum atomic E-state index is -4.35. The number of hydrogen-bond donors (Lipinski definition) is 1. The van der Waals surface area contributed by atoms with Crippen molar-refractivity contribution in [3.8, 4) is 5.75 Å². The second-order valence-electron chi connectivity index (χ2n) is 7.31. The smallest absolute Gasteiger partial charge is 0.416 e. The molecule has 0 bridgehead atoms. The van der Waals surface area contributed by atoms with E-state index in [9.17, 15) is 18.0 Å². The van der Waals surface area contributed by atoms with Gasteiger partial charge in [-0.3, -0.25) is 9.69 Å². The fourth-order valence-corrected chi connectivity index (χ4v) is 3.49. The van der Waals surface area contributed by atoms with Gasteiger partial charge in [-0.05, 0) is 42.8 Å². The highest BCUT2D eigenvalue weighted by molar-refractivity contribution is 5.81. The van der Waals surface area contributed by atoms with Crippen LogP contribution in [-0.2, 0) is 17.5 Å². The summed E-state index contributed by atoms with van der Waals surface area (Å²) in [6, 6.07) is 12.6. The Morgan fingerprint density at radius 3 is 2.37 bits per heavy atom. The lowest BCUT2D eigenvalue weighted by molar-refractivity contribution is -0.137. The summed E-state index contributed by atoms with van der Waals surface area (Å²) >= 11 is 0. The Balaban J connectivity index is 1.50. The molecule has 1 aliphatic rings. The molecule has 2 aromatic rings. The summed E-state index contributed by atoms with van der Waals surface area (Å²) in [5.74, 6) is 0.690. The van der Waals surface area contributed by atoms with Crippen LogP contribution < -0.4 is 15.0 Å². The SMILES string of the molecule is COc1ccc(CNC(=O)[C@H](C)N2CCN(c3cccc(C(F)(F)F)c3)CC2)cc1. The third-order valence-corrected chi connectivity index (χ3v) is 5.41. The van der Waals surface area contributed by atoms with Crippen LogP contribution in [0.1, 0.15) is 18.1 Å². The maximum absolute atomic E-state index is 12.9. The van der Waals surface area contributed by atoms with Gasteiger partial charge in [0, 0.05) is 38.4 Å². The van der Waals surface area contributed by atoms with Crippen molar-refractivity contribution in [1.29, 1.82) is 0 Å². The number of rotatable bonds is 6. The van der Waals surface area contributed by atoms with Gasteiger partial charge < -0.3 is 15.0 Å². The lowest BCUT2D eigenvalue weighted by Crippen LogP contribution is -2.53. The fraction of sp³-hybridized carbons (Fsp3) is 0.409. The molecule has 0 aromatic heterocycles. The van der Waals surface area contributed by atoms with Crippen LogP contribution in [0.3, 0.4) is 0 Å². The minimum Gasteiger partial charge on any atom is -0.497 e. The van der Waals surface area contributed by atoms with Gasteiger partial charge in [-0.1, -0.05) is 18.2 Å². The predicted molar refractivity (Wildman–Crippen MR) is 110 cm³/mol. The van der Waals surface area contributed by atoms with Crippen molar-refractivity contribution in [2.45, 2.75) is 25.7 Å². The predicted octanol–water partition coefficient (Wildman–Crippen LogP) is 3.54. The number of amides is 1. The number of halogens is 3. The molecule has 2 aromatic carbocycles. The van der Waals surface area contributed by atoms with Crippen molar-refractivity contribution in [1.82, 2.24) is 10.2 Å². The van der Waals surface area contributed by atoms with Crippen molar-refractivity contribution < 1.29 is 22.7 Å². The molecule has 0 aliphatic carbocycles. The van der Waals surface area contributed by atoms with E-state index in [1.165, 1.54) is 12.1 Å². The van der Waals surface area contributed by atoms with Gasteiger partial charge >= 0.3 is 6.18 Å². The number of nitrogens with one attached hydrogen (secondary N) is 1. The number of carbonyl (C=O) groups is 1. The Kier molecular flexibility index (Phi) is 6.87. The van der Waals surface area contributed by atoms with Gasteiger partial charge in [0.15, 0.2) is 0 Å². The molecule has 0 unspecified atom stereocenters. The monoisotopic (exact) mass is 421 g/mol. The number of methoxy groups -OCH3 is 1. The zero-order valence-electron chi connectivity index (χ0n) is 17.1. The van der Waals surface area contributed by atoms with Crippen molar-refractivity contribution in [3.63, 3.8) is 0 Å². The summed E-state index contributed by atoms with van der Waals surface area (Å²) < 4.78 is 44.0. The number of carbonyl (C=O) groups excluding carboxylic acids is 1. The van der Waals surface area contributed by atoms with E-state index in [0.717, 1.165) is 17.4 Å². The Labute approximate surface area is 174 Å². The Morgan fingerprint density at radius 1 is 1.10 bits per heavy atom. The van der Waals surface area contributed by atoms with E-state index in [2.05, 4.69) is 5.32 Å². The standard InChI is InChI=1S/C22H26F3N3O2/c1-16(21(29)26-15-17-6-8-20(30-2)9-7-17)27-10-12-28(13-11-27)19-5-3-4-18(14-19)22(23,24)25/h3-9,14,16H,10-13,15H2,1-2H3,(H,26,29)/t16-/m0/s1. The average Bonchev–Trinajstić information content (AvgIpc) is 2.77. The van der Waals surface area contributed by atoms with Crippen molar-refractivity contribution >= 4 is 11.6 Å². The molecular formula is C22H26F3N3O2. The van der Waals surface area contributed by atoms with Gasteiger partial charge in [0.25, 0.3) is 0 Å². The molecule has 1 saturated heterocycles. The molecule has 1 N–H and O–H groups in total. The van der Waals surface area contributed by atoms with Crippen molar-refractivity contribution in [2.75, 3.05) is 38.2 Å².